The van der Waals surface area contributed by atoms with Crippen LogP contribution in [-0.4, -0.2) is 30.5 Å². The lowest BCUT2D eigenvalue weighted by Gasteiger charge is -2.08. The van der Waals surface area contributed by atoms with Crippen molar-refractivity contribution in [1.29, 1.82) is 0 Å². The van der Waals surface area contributed by atoms with E-state index >= 15 is 0 Å². The molecule has 168 valence electrons. The molecule has 33 heavy (non-hydrogen) atoms. The van der Waals surface area contributed by atoms with Gasteiger partial charge in [-0.15, -0.1) is 11.3 Å². The fraction of sp³-hybridized carbons (Fsp3) is 0.160. The molecule has 0 saturated heterocycles. The van der Waals surface area contributed by atoms with Gasteiger partial charge >= 0.3 is 0 Å². The Balaban J connectivity index is 1.21. The summed E-state index contributed by atoms with van der Waals surface area (Å²) in [5.74, 6) is 1.01. The molecule has 4 aromatic rings. The average Bonchev–Trinajstić information content (AvgIpc) is 3.28. The number of hydrogen-bond acceptors (Lipinski definition) is 6. The van der Waals surface area contributed by atoms with Gasteiger partial charge in [-0.3, -0.25) is 9.59 Å². The van der Waals surface area contributed by atoms with Crippen LogP contribution >= 0.6 is 23.1 Å². The summed E-state index contributed by atoms with van der Waals surface area (Å²) in [6.45, 7) is 0.309. The van der Waals surface area contributed by atoms with Gasteiger partial charge in [-0.2, -0.15) is 0 Å². The maximum absolute atomic E-state index is 12.4. The summed E-state index contributed by atoms with van der Waals surface area (Å²) in [6.07, 6.45) is 0. The van der Waals surface area contributed by atoms with Gasteiger partial charge in [0.25, 0.3) is 5.91 Å². The molecule has 4 rings (SSSR count). The van der Waals surface area contributed by atoms with Gasteiger partial charge in [0.05, 0.1) is 23.9 Å². The zero-order valence-electron chi connectivity index (χ0n) is 18.0. The van der Waals surface area contributed by atoms with Crippen molar-refractivity contribution in [3.8, 4) is 5.75 Å². The zero-order valence-corrected chi connectivity index (χ0v) is 19.7. The van der Waals surface area contributed by atoms with Gasteiger partial charge in [-0.25, -0.2) is 4.98 Å². The number of benzene rings is 3. The smallest absolute Gasteiger partial charge is 0.251 e. The molecule has 0 saturated carbocycles. The first-order valence-corrected chi connectivity index (χ1v) is 12.2. The third-order valence-electron chi connectivity index (χ3n) is 4.91. The number of carbonyl (C=O) groups excluding carboxylic acids is 2. The maximum atomic E-state index is 12.4. The maximum Gasteiger partial charge on any atom is 0.251 e. The minimum Gasteiger partial charge on any atom is -0.497 e. The Bertz CT molecular complexity index is 1200. The molecular weight excluding hydrogens is 454 g/mol. The number of hydrogen-bond donors (Lipinski definition) is 2. The van der Waals surface area contributed by atoms with Crippen molar-refractivity contribution >= 4 is 45.1 Å². The van der Waals surface area contributed by atoms with Crippen molar-refractivity contribution in [2.75, 3.05) is 13.7 Å². The monoisotopic (exact) mass is 477 g/mol. The quantitative estimate of drug-likeness (QED) is 0.343. The number of nitrogens with zero attached hydrogens (tertiary/aromatic N) is 1. The minimum atomic E-state index is -0.278. The number of nitrogens with one attached hydrogen (secondary N) is 2. The molecule has 0 unspecified atom stereocenters. The number of thiazole rings is 1. The number of aromatic nitrogens is 1. The van der Waals surface area contributed by atoms with E-state index < -0.39 is 0 Å². The minimum absolute atomic E-state index is 0.0792. The van der Waals surface area contributed by atoms with Crippen molar-refractivity contribution < 1.29 is 14.3 Å². The molecule has 1 heterocycles. The Hall–Kier alpha value is -3.36. The lowest BCUT2D eigenvalue weighted by molar-refractivity contribution is -0.120. The second-order valence-electron chi connectivity index (χ2n) is 7.24. The molecule has 0 aliphatic carbocycles. The van der Waals surface area contributed by atoms with Gasteiger partial charge in [0.2, 0.25) is 5.91 Å². The van der Waals surface area contributed by atoms with Crippen LogP contribution in [0.1, 0.15) is 21.5 Å². The molecule has 0 bridgehead atoms. The van der Waals surface area contributed by atoms with Gasteiger partial charge in [0.15, 0.2) is 4.34 Å². The molecule has 2 amide bonds. The highest BCUT2D eigenvalue weighted by Gasteiger charge is 2.09. The van der Waals surface area contributed by atoms with E-state index in [0.29, 0.717) is 12.1 Å². The second kappa shape index (κ2) is 11.0. The van der Waals surface area contributed by atoms with Crippen LogP contribution < -0.4 is 15.4 Å². The van der Waals surface area contributed by atoms with Crippen LogP contribution in [0.4, 0.5) is 0 Å². The second-order valence-corrected chi connectivity index (χ2v) is 9.49. The van der Waals surface area contributed by atoms with Gasteiger partial charge in [-0.05, 0) is 47.5 Å². The molecule has 0 spiro atoms. The van der Waals surface area contributed by atoms with Gasteiger partial charge in [0, 0.05) is 17.9 Å². The molecule has 0 atom stereocenters. The van der Waals surface area contributed by atoms with Crippen molar-refractivity contribution in [2.24, 2.45) is 0 Å². The van der Waals surface area contributed by atoms with E-state index in [1.807, 2.05) is 54.6 Å². The van der Waals surface area contributed by atoms with E-state index in [-0.39, 0.29) is 18.4 Å². The first-order valence-electron chi connectivity index (χ1n) is 10.4. The number of amides is 2. The molecule has 8 heteroatoms. The number of para-hydroxylation sites is 1. The number of ether oxygens (including phenoxy) is 1. The first kappa shape index (κ1) is 22.8. The molecule has 0 aliphatic heterocycles. The SMILES string of the molecule is COc1ccc(CNC(=O)CNC(=O)c2ccc(CSc3nc4ccccc4s3)cc2)cc1. The Morgan fingerprint density at radius 1 is 0.939 bits per heavy atom. The Labute approximate surface area is 200 Å². The standard InChI is InChI=1S/C25H23N3O3S2/c1-31-20-12-8-17(9-13-20)14-26-23(29)15-27-24(30)19-10-6-18(7-11-19)16-32-25-28-21-4-2-3-5-22(21)33-25/h2-13H,14-16H2,1H3,(H,26,29)(H,27,30). The average molecular weight is 478 g/mol. The van der Waals surface area contributed by atoms with E-state index in [9.17, 15) is 9.59 Å². The molecule has 0 fully saturated rings. The predicted octanol–water partition coefficient (Wildman–Crippen LogP) is 4.64. The summed E-state index contributed by atoms with van der Waals surface area (Å²) in [5.41, 5.74) is 3.60. The largest absolute Gasteiger partial charge is 0.497 e. The number of methoxy groups -OCH3 is 1. The molecule has 0 aliphatic rings. The summed E-state index contributed by atoms with van der Waals surface area (Å²) < 4.78 is 7.32. The highest BCUT2D eigenvalue weighted by molar-refractivity contribution is 8.00. The highest BCUT2D eigenvalue weighted by Crippen LogP contribution is 2.31. The zero-order chi connectivity index (χ0) is 23.0. The summed E-state index contributed by atoms with van der Waals surface area (Å²) in [6, 6.07) is 23.0. The molecule has 6 nitrogen and oxygen atoms in total. The van der Waals surface area contributed by atoms with Crippen LogP contribution in [0.15, 0.2) is 77.1 Å². The highest BCUT2D eigenvalue weighted by atomic mass is 32.2. The molecule has 0 radical (unpaired) electrons. The third-order valence-corrected chi connectivity index (χ3v) is 7.16. The lowest BCUT2D eigenvalue weighted by Crippen LogP contribution is -2.36. The number of fused-ring (bicyclic) bond motifs is 1. The fourth-order valence-electron chi connectivity index (χ4n) is 3.08. The van der Waals surface area contributed by atoms with Crippen LogP contribution in [0.3, 0.4) is 0 Å². The Morgan fingerprint density at radius 2 is 1.67 bits per heavy atom. The Kier molecular flexibility index (Phi) is 7.59. The molecule has 3 aromatic carbocycles. The summed E-state index contributed by atoms with van der Waals surface area (Å²) in [7, 11) is 1.61. The van der Waals surface area contributed by atoms with Gasteiger partial charge < -0.3 is 15.4 Å². The van der Waals surface area contributed by atoms with E-state index in [4.69, 9.17) is 4.74 Å². The van der Waals surface area contributed by atoms with Gasteiger partial charge in [-0.1, -0.05) is 48.2 Å². The lowest BCUT2D eigenvalue weighted by atomic mass is 10.1. The van der Waals surface area contributed by atoms with Crippen LogP contribution in [0, 0.1) is 0 Å². The molecule has 2 N–H and O–H groups in total. The van der Waals surface area contributed by atoms with Crippen LogP contribution in [-0.2, 0) is 17.1 Å². The Morgan fingerprint density at radius 3 is 2.39 bits per heavy atom. The summed E-state index contributed by atoms with van der Waals surface area (Å²) in [5, 5.41) is 5.45. The fourth-order valence-corrected chi connectivity index (χ4v) is 5.10. The molecule has 1 aromatic heterocycles. The van der Waals surface area contributed by atoms with Crippen LogP contribution in [0.5, 0.6) is 5.75 Å². The van der Waals surface area contributed by atoms with Crippen molar-refractivity contribution in [2.45, 2.75) is 16.6 Å². The number of thioether (sulfide) groups is 1. The topological polar surface area (TPSA) is 80.3 Å². The first-order chi connectivity index (χ1) is 16.1. The summed E-state index contributed by atoms with van der Waals surface area (Å²) >= 11 is 3.36. The third kappa shape index (κ3) is 6.34. The van der Waals surface area contributed by atoms with Crippen molar-refractivity contribution in [3.63, 3.8) is 0 Å². The van der Waals surface area contributed by atoms with Crippen LogP contribution in [0.2, 0.25) is 0 Å². The summed E-state index contributed by atoms with van der Waals surface area (Å²) in [4.78, 5) is 29.1. The van der Waals surface area contributed by atoms with Crippen molar-refractivity contribution in [3.05, 3.63) is 89.5 Å². The van der Waals surface area contributed by atoms with E-state index in [1.165, 1.54) is 4.70 Å². The normalized spacial score (nSPS) is 10.7. The van der Waals surface area contributed by atoms with E-state index in [0.717, 1.165) is 32.5 Å². The van der Waals surface area contributed by atoms with Gasteiger partial charge in [0.1, 0.15) is 5.75 Å². The predicted molar refractivity (Wildman–Crippen MR) is 133 cm³/mol. The van der Waals surface area contributed by atoms with Crippen LogP contribution in [0.25, 0.3) is 10.2 Å². The molecular formula is C25H23N3O3S2. The van der Waals surface area contributed by atoms with Crippen molar-refractivity contribution in [1.82, 2.24) is 15.6 Å². The number of carbonyl (C=O) groups is 2. The van der Waals surface area contributed by atoms with E-state index in [2.05, 4.69) is 21.7 Å². The number of rotatable bonds is 9. The van der Waals surface area contributed by atoms with E-state index in [1.54, 1.807) is 42.3 Å².